The summed E-state index contributed by atoms with van der Waals surface area (Å²) in [6.07, 6.45) is 2.81. The normalized spacial score (nSPS) is 11.4. The van der Waals surface area contributed by atoms with Gasteiger partial charge in [0.05, 0.1) is 15.9 Å². The van der Waals surface area contributed by atoms with E-state index in [1.807, 2.05) is 30.3 Å². The molecule has 0 saturated heterocycles. The molecule has 7 heteroatoms. The van der Waals surface area contributed by atoms with E-state index in [4.69, 9.17) is 9.97 Å². The minimum absolute atomic E-state index is 0.540. The van der Waals surface area contributed by atoms with Gasteiger partial charge in [0.25, 0.3) is 0 Å². The topological polar surface area (TPSA) is 53.9 Å². The maximum atomic E-state index is 13.6. The summed E-state index contributed by atoms with van der Waals surface area (Å²) in [5.74, 6) is 1.41. The van der Waals surface area contributed by atoms with Gasteiger partial charge in [-0.1, -0.05) is 12.1 Å². The van der Waals surface area contributed by atoms with Gasteiger partial charge in [-0.25, -0.2) is 14.4 Å². The Hall–Kier alpha value is -2.90. The highest BCUT2D eigenvalue weighted by molar-refractivity contribution is 7.13. The molecule has 2 heterocycles. The molecule has 0 amide bonds. The fourth-order valence-corrected chi connectivity index (χ4v) is 4.17. The summed E-state index contributed by atoms with van der Waals surface area (Å²) in [6.45, 7) is 3.32. The van der Waals surface area contributed by atoms with Gasteiger partial charge in [0.2, 0.25) is 0 Å². The Morgan fingerprint density at radius 3 is 2.68 bits per heavy atom. The molecule has 4 aromatic rings. The molecular formula is C24H26FN5S. The summed E-state index contributed by atoms with van der Waals surface area (Å²) in [4.78, 5) is 17.0. The molecule has 0 aliphatic rings. The maximum absolute atomic E-state index is 13.6. The van der Waals surface area contributed by atoms with E-state index in [1.54, 1.807) is 11.7 Å². The van der Waals surface area contributed by atoms with Gasteiger partial charge in [0, 0.05) is 23.7 Å². The van der Waals surface area contributed by atoms with Gasteiger partial charge >= 0.3 is 0 Å². The van der Waals surface area contributed by atoms with Gasteiger partial charge < -0.3 is 10.2 Å². The summed E-state index contributed by atoms with van der Waals surface area (Å²) >= 11 is 1.53. The number of fused-ring (bicyclic) bond motifs is 1. The Bertz CT molecular complexity index is 1170. The van der Waals surface area contributed by atoms with Crippen molar-refractivity contribution in [1.29, 1.82) is 0 Å². The smallest absolute Gasteiger partial charge is 0.162 e. The predicted molar refractivity (Wildman–Crippen MR) is 127 cm³/mol. The minimum Gasteiger partial charge on any atom is -0.369 e. The van der Waals surface area contributed by atoms with E-state index in [-0.39, 0.29) is 0 Å². The first-order valence-electron chi connectivity index (χ1n) is 10.3. The molecule has 0 aliphatic heterocycles. The second-order valence-electron chi connectivity index (χ2n) is 7.87. The Morgan fingerprint density at radius 1 is 1.10 bits per heavy atom. The third-order valence-electron chi connectivity index (χ3n) is 5.12. The zero-order chi connectivity index (χ0) is 21.8. The summed E-state index contributed by atoms with van der Waals surface area (Å²) in [5, 5.41) is 4.49. The van der Waals surface area contributed by atoms with Gasteiger partial charge in [-0.15, -0.1) is 11.3 Å². The van der Waals surface area contributed by atoms with E-state index in [0.717, 1.165) is 57.8 Å². The molecule has 0 bridgehead atoms. The van der Waals surface area contributed by atoms with Crippen molar-refractivity contribution in [3.05, 3.63) is 59.2 Å². The monoisotopic (exact) mass is 435 g/mol. The molecule has 1 N–H and O–H groups in total. The molecule has 4 rings (SSSR count). The van der Waals surface area contributed by atoms with E-state index in [9.17, 15) is 4.39 Å². The summed E-state index contributed by atoms with van der Waals surface area (Å²) in [6, 6.07) is 11.8. The highest BCUT2D eigenvalue weighted by atomic mass is 32.1. The lowest BCUT2D eigenvalue weighted by Crippen LogP contribution is -2.17. The fourth-order valence-electron chi connectivity index (χ4n) is 3.56. The molecule has 0 saturated carbocycles. The number of hydrogen-bond donors (Lipinski definition) is 1. The van der Waals surface area contributed by atoms with E-state index in [1.165, 1.54) is 11.3 Å². The summed E-state index contributed by atoms with van der Waals surface area (Å²) in [5.41, 5.74) is 6.12. The van der Waals surface area contributed by atoms with Crippen LogP contribution in [0.3, 0.4) is 0 Å². The lowest BCUT2D eigenvalue weighted by molar-refractivity contribution is 0.405. The first kappa shape index (κ1) is 21.3. The quantitative estimate of drug-likeness (QED) is 0.367. The Balaban J connectivity index is 1.78. The SMILES string of the molecule is Cc1cccc2c(NCCCN(C)C)nc(-c3cc(CF)cc(-c4cncs4)c3)nc12. The number of rotatable bonds is 8. The van der Waals surface area contributed by atoms with Crippen molar-refractivity contribution >= 4 is 28.1 Å². The third-order valence-corrected chi connectivity index (χ3v) is 5.95. The van der Waals surface area contributed by atoms with Crippen molar-refractivity contribution < 1.29 is 4.39 Å². The Kier molecular flexibility index (Phi) is 6.53. The van der Waals surface area contributed by atoms with Gasteiger partial charge in [-0.3, -0.25) is 4.98 Å². The van der Waals surface area contributed by atoms with Crippen LogP contribution in [-0.4, -0.2) is 47.0 Å². The van der Waals surface area contributed by atoms with Crippen LogP contribution in [-0.2, 0) is 6.67 Å². The zero-order valence-electron chi connectivity index (χ0n) is 18.0. The standard InChI is InChI=1S/C24H26FN5S/c1-16-6-4-7-20-22(16)28-23(29-24(20)27-8-5-9-30(2)3)19-11-17(13-25)10-18(12-19)21-14-26-15-31-21/h4,6-7,10-12,14-15H,5,8-9,13H2,1-3H3,(H,27,28,29). The Morgan fingerprint density at radius 2 is 1.94 bits per heavy atom. The summed E-state index contributed by atoms with van der Waals surface area (Å²) in [7, 11) is 4.14. The minimum atomic E-state index is -0.540. The number of aryl methyl sites for hydroxylation is 1. The number of aromatic nitrogens is 3. The number of halogens is 1. The molecule has 0 atom stereocenters. The molecule has 0 unspecified atom stereocenters. The highest BCUT2D eigenvalue weighted by Gasteiger charge is 2.13. The van der Waals surface area contributed by atoms with E-state index < -0.39 is 6.67 Å². The second kappa shape index (κ2) is 9.49. The number of nitrogens with one attached hydrogen (secondary N) is 1. The van der Waals surface area contributed by atoms with E-state index in [2.05, 4.69) is 42.3 Å². The highest BCUT2D eigenvalue weighted by Crippen LogP contribution is 2.32. The average molecular weight is 436 g/mol. The molecule has 31 heavy (non-hydrogen) atoms. The number of benzene rings is 2. The van der Waals surface area contributed by atoms with Gasteiger partial charge in [0.15, 0.2) is 5.82 Å². The van der Waals surface area contributed by atoms with Crippen molar-refractivity contribution in [3.63, 3.8) is 0 Å². The first-order valence-corrected chi connectivity index (χ1v) is 11.2. The van der Waals surface area contributed by atoms with Crippen LogP contribution >= 0.6 is 11.3 Å². The number of anilines is 1. The molecule has 0 spiro atoms. The number of hydrogen-bond acceptors (Lipinski definition) is 6. The van der Waals surface area contributed by atoms with Crippen LogP contribution in [0.4, 0.5) is 10.2 Å². The molecule has 0 aliphatic carbocycles. The van der Waals surface area contributed by atoms with Crippen molar-refractivity contribution in [2.24, 2.45) is 0 Å². The number of alkyl halides is 1. The molecule has 2 aromatic heterocycles. The largest absolute Gasteiger partial charge is 0.369 e. The second-order valence-corrected chi connectivity index (χ2v) is 8.75. The van der Waals surface area contributed by atoms with E-state index in [0.29, 0.717) is 11.4 Å². The predicted octanol–water partition coefficient (Wildman–Crippen LogP) is 5.56. The van der Waals surface area contributed by atoms with Crippen LogP contribution in [0.1, 0.15) is 17.5 Å². The fraction of sp³-hybridized carbons (Fsp3) is 0.292. The lowest BCUT2D eigenvalue weighted by Gasteiger charge is -2.14. The van der Waals surface area contributed by atoms with Crippen LogP contribution in [0.25, 0.3) is 32.7 Å². The van der Waals surface area contributed by atoms with Crippen molar-refractivity contribution in [3.8, 4) is 21.8 Å². The lowest BCUT2D eigenvalue weighted by atomic mass is 10.0. The van der Waals surface area contributed by atoms with Gasteiger partial charge in [-0.05, 0) is 74.9 Å². The maximum Gasteiger partial charge on any atom is 0.162 e. The molecule has 160 valence electrons. The molecule has 0 radical (unpaired) electrons. The van der Waals surface area contributed by atoms with Crippen molar-refractivity contribution in [2.45, 2.75) is 20.0 Å². The van der Waals surface area contributed by atoms with Crippen LogP contribution in [0.2, 0.25) is 0 Å². The number of para-hydroxylation sites is 1. The van der Waals surface area contributed by atoms with Crippen molar-refractivity contribution in [1.82, 2.24) is 19.9 Å². The average Bonchev–Trinajstić information content (AvgIpc) is 3.31. The molecule has 0 fully saturated rings. The number of thiazole rings is 1. The van der Waals surface area contributed by atoms with Gasteiger partial charge in [0.1, 0.15) is 12.5 Å². The van der Waals surface area contributed by atoms with Crippen LogP contribution < -0.4 is 5.32 Å². The van der Waals surface area contributed by atoms with E-state index >= 15 is 0 Å². The van der Waals surface area contributed by atoms with Gasteiger partial charge in [-0.2, -0.15) is 0 Å². The molecular weight excluding hydrogens is 409 g/mol. The zero-order valence-corrected chi connectivity index (χ0v) is 18.8. The van der Waals surface area contributed by atoms with Crippen LogP contribution in [0.15, 0.2) is 48.1 Å². The first-order chi connectivity index (χ1) is 15.0. The third kappa shape index (κ3) is 4.89. The van der Waals surface area contributed by atoms with Crippen LogP contribution in [0.5, 0.6) is 0 Å². The summed E-state index contributed by atoms with van der Waals surface area (Å²) < 4.78 is 13.6. The van der Waals surface area contributed by atoms with Crippen molar-refractivity contribution in [2.75, 3.05) is 32.5 Å². The molecule has 5 nitrogen and oxygen atoms in total. The van der Waals surface area contributed by atoms with Crippen LogP contribution in [0, 0.1) is 6.92 Å². The Labute approximate surface area is 186 Å². The number of nitrogens with zero attached hydrogens (tertiary/aromatic N) is 4. The molecule has 2 aromatic carbocycles.